The first-order valence-electron chi connectivity index (χ1n) is 14.6. The minimum absolute atomic E-state index is 0.0234. The van der Waals surface area contributed by atoms with E-state index in [-0.39, 0.29) is 33.2 Å². The smallest absolute Gasteiger partial charge is 0.252 e. The van der Waals surface area contributed by atoms with Gasteiger partial charge in [0.15, 0.2) is 0 Å². The molecule has 0 saturated carbocycles. The first kappa shape index (κ1) is 31.9. The molecule has 2 aliphatic heterocycles. The third kappa shape index (κ3) is 7.58. The van der Waals surface area contributed by atoms with Gasteiger partial charge in [-0.2, -0.15) is 0 Å². The number of hydrogen-bond donors (Lipinski definition) is 1. The van der Waals surface area contributed by atoms with Crippen LogP contribution in [-0.2, 0) is 16.0 Å². The maximum absolute atomic E-state index is 12.9. The molecule has 0 atom stereocenters. The fraction of sp³-hybridized carbons (Fsp3) is 0.394. The fourth-order valence-electron chi connectivity index (χ4n) is 5.12. The Bertz CT molecular complexity index is 1640. The van der Waals surface area contributed by atoms with E-state index in [1.165, 1.54) is 0 Å². The highest BCUT2D eigenvalue weighted by atomic mass is 35.5. The van der Waals surface area contributed by atoms with Crippen LogP contribution in [0.5, 0.6) is 17.2 Å². The average Bonchev–Trinajstić information content (AvgIpc) is 3.46. The third-order valence-corrected chi connectivity index (χ3v) is 8.46. The molecule has 0 aliphatic carbocycles. The minimum Gasteiger partial charge on any atom is -0.491 e. The molecule has 2 aliphatic rings. The van der Waals surface area contributed by atoms with Crippen LogP contribution in [0.3, 0.4) is 0 Å². The van der Waals surface area contributed by atoms with Gasteiger partial charge < -0.3 is 19.9 Å². The molecule has 2 N–H and O–H groups in total. The van der Waals surface area contributed by atoms with Crippen molar-refractivity contribution in [1.82, 2.24) is 9.88 Å². The number of Topliss-reactive ketones (excluding diaryl/α,β-unsaturated/α-hetero) is 1. The first-order chi connectivity index (χ1) is 21.0. The molecular weight excluding hydrogens is 603 g/mol. The lowest BCUT2D eigenvalue weighted by molar-refractivity contribution is -0.117. The summed E-state index contributed by atoms with van der Waals surface area (Å²) in [5.41, 5.74) is 9.03. The van der Waals surface area contributed by atoms with Gasteiger partial charge in [-0.1, -0.05) is 50.0 Å². The molecule has 9 nitrogen and oxygen atoms in total. The molecule has 0 bridgehead atoms. The number of rotatable bonds is 11. The van der Waals surface area contributed by atoms with Crippen LogP contribution in [0.25, 0.3) is 10.9 Å². The van der Waals surface area contributed by atoms with Crippen molar-refractivity contribution in [2.75, 3.05) is 46.0 Å². The molecule has 1 aromatic heterocycles. The number of amides is 1. The zero-order valence-electron chi connectivity index (χ0n) is 25.1. The lowest BCUT2D eigenvalue weighted by atomic mass is 9.89. The van der Waals surface area contributed by atoms with Crippen LogP contribution >= 0.6 is 23.2 Å². The van der Waals surface area contributed by atoms with Crippen molar-refractivity contribution in [1.29, 1.82) is 0 Å². The Balaban J connectivity index is 1.30. The predicted octanol–water partition coefficient (Wildman–Crippen LogP) is 6.07. The van der Waals surface area contributed by atoms with E-state index in [1.54, 1.807) is 36.5 Å². The van der Waals surface area contributed by atoms with Crippen molar-refractivity contribution in [3.63, 3.8) is 0 Å². The van der Waals surface area contributed by atoms with Crippen LogP contribution < -0.4 is 15.2 Å². The molecular formula is C33H36Cl2N4O5. The summed E-state index contributed by atoms with van der Waals surface area (Å²) in [5, 5.41) is 0.977. The van der Waals surface area contributed by atoms with Gasteiger partial charge in [-0.05, 0) is 35.4 Å². The monoisotopic (exact) mass is 638 g/mol. The number of fused-ring (bicyclic) bond motifs is 1. The number of ether oxygens (including phenoxy) is 3. The summed E-state index contributed by atoms with van der Waals surface area (Å²) in [5.74, 6) is 0.450. The Hall–Kier alpha value is -3.50. The summed E-state index contributed by atoms with van der Waals surface area (Å²) in [4.78, 5) is 36.5. The summed E-state index contributed by atoms with van der Waals surface area (Å²) in [6.45, 7) is 11.0. The largest absolute Gasteiger partial charge is 0.491 e. The second-order valence-electron chi connectivity index (χ2n) is 11.9. The SMILES string of the molecule is CC(C)(C)C1=NCC(CC(=O)Cc2ccc(Oc3ccnc4cc(OCCN5CCOCC5)c(C(N)=O)cc34)c(Cl)c2Cl)=C1. The summed E-state index contributed by atoms with van der Waals surface area (Å²) in [6, 6.07) is 8.37. The van der Waals surface area contributed by atoms with E-state index in [9.17, 15) is 9.59 Å². The molecule has 0 radical (unpaired) electrons. The molecule has 11 heteroatoms. The van der Waals surface area contributed by atoms with Crippen molar-refractivity contribution in [3.8, 4) is 17.2 Å². The van der Waals surface area contributed by atoms with Crippen molar-refractivity contribution < 1.29 is 23.8 Å². The van der Waals surface area contributed by atoms with E-state index in [0.717, 1.165) is 24.4 Å². The van der Waals surface area contributed by atoms with Gasteiger partial charge in [-0.15, -0.1) is 0 Å². The van der Waals surface area contributed by atoms with Gasteiger partial charge in [0.05, 0.1) is 35.9 Å². The lowest BCUT2D eigenvalue weighted by Crippen LogP contribution is -2.38. The highest BCUT2D eigenvalue weighted by Gasteiger charge is 2.23. The van der Waals surface area contributed by atoms with E-state index in [0.29, 0.717) is 73.0 Å². The Morgan fingerprint density at radius 2 is 1.80 bits per heavy atom. The van der Waals surface area contributed by atoms with Crippen LogP contribution in [0.1, 0.15) is 43.1 Å². The Kier molecular flexibility index (Phi) is 9.90. The number of primary amides is 1. The number of benzene rings is 2. The van der Waals surface area contributed by atoms with E-state index < -0.39 is 5.91 Å². The number of carbonyl (C=O) groups excluding carboxylic acids is 2. The fourth-order valence-corrected chi connectivity index (χ4v) is 5.57. The second kappa shape index (κ2) is 13.6. The molecule has 0 spiro atoms. The quantitative estimate of drug-likeness (QED) is 0.271. The number of nitrogens with zero attached hydrogens (tertiary/aromatic N) is 3. The van der Waals surface area contributed by atoms with Gasteiger partial charge in [0.25, 0.3) is 5.91 Å². The Morgan fingerprint density at radius 3 is 2.50 bits per heavy atom. The van der Waals surface area contributed by atoms with Crippen LogP contribution in [0.15, 0.2) is 53.2 Å². The summed E-state index contributed by atoms with van der Waals surface area (Å²) in [6.07, 6.45) is 4.05. The zero-order valence-corrected chi connectivity index (χ0v) is 26.6. The van der Waals surface area contributed by atoms with Gasteiger partial charge in [0.1, 0.15) is 34.7 Å². The third-order valence-electron chi connectivity index (χ3n) is 7.56. The number of carbonyl (C=O) groups is 2. The predicted molar refractivity (Wildman–Crippen MR) is 173 cm³/mol. The van der Waals surface area contributed by atoms with E-state index in [4.69, 9.17) is 43.1 Å². The van der Waals surface area contributed by atoms with Gasteiger partial charge in [-0.3, -0.25) is 24.5 Å². The lowest BCUT2D eigenvalue weighted by Gasteiger charge is -2.26. The van der Waals surface area contributed by atoms with Crippen molar-refractivity contribution >= 4 is 51.5 Å². The molecule has 1 amide bonds. The van der Waals surface area contributed by atoms with Gasteiger partial charge in [-0.25, -0.2) is 0 Å². The molecule has 232 valence electrons. The molecule has 1 fully saturated rings. The molecule has 3 aromatic rings. The summed E-state index contributed by atoms with van der Waals surface area (Å²) < 4.78 is 17.5. The zero-order chi connectivity index (χ0) is 31.4. The number of hydrogen-bond acceptors (Lipinski definition) is 8. The molecule has 3 heterocycles. The van der Waals surface area contributed by atoms with Crippen LogP contribution in [0, 0.1) is 5.41 Å². The molecule has 5 rings (SSSR count). The number of aromatic nitrogens is 1. The normalized spacial score (nSPS) is 15.7. The second-order valence-corrected chi connectivity index (χ2v) is 12.7. The average molecular weight is 640 g/mol. The highest BCUT2D eigenvalue weighted by Crippen LogP contribution is 2.40. The standard InChI is InChI=1S/C33H36Cl2N4O5/c1-33(2,3)29-15-20(19-38-29)14-22(40)16-21-4-5-27(31(35)30(21)34)44-26-6-7-37-25-18-28(24(32(36)41)17-23(25)26)43-13-10-39-8-11-42-12-9-39/h4-7,15,17-18H,8-14,16,19H2,1-3H3,(H2,36,41). The Labute approximate surface area is 267 Å². The van der Waals surface area contributed by atoms with Crippen molar-refractivity contribution in [3.05, 3.63) is 69.3 Å². The number of aliphatic imine (C=N–C) groups is 1. The molecule has 1 saturated heterocycles. The van der Waals surface area contributed by atoms with E-state index in [2.05, 4.69) is 35.6 Å². The van der Waals surface area contributed by atoms with E-state index in [1.807, 2.05) is 6.08 Å². The molecule has 0 unspecified atom stereocenters. The van der Waals surface area contributed by atoms with Crippen molar-refractivity contribution in [2.45, 2.75) is 33.6 Å². The summed E-state index contributed by atoms with van der Waals surface area (Å²) >= 11 is 13.2. The number of pyridine rings is 1. The van der Waals surface area contributed by atoms with Crippen LogP contribution in [0.2, 0.25) is 10.0 Å². The van der Waals surface area contributed by atoms with Crippen LogP contribution in [0.4, 0.5) is 0 Å². The van der Waals surface area contributed by atoms with Crippen LogP contribution in [-0.4, -0.2) is 73.3 Å². The number of nitrogens with two attached hydrogens (primary N) is 1. The van der Waals surface area contributed by atoms with Gasteiger partial charge in [0.2, 0.25) is 0 Å². The Morgan fingerprint density at radius 1 is 1.02 bits per heavy atom. The maximum Gasteiger partial charge on any atom is 0.252 e. The number of ketones is 1. The number of halogens is 2. The number of allylic oxidation sites excluding steroid dienone is 1. The van der Waals surface area contributed by atoms with Gasteiger partial charge in [0, 0.05) is 61.3 Å². The first-order valence-corrected chi connectivity index (χ1v) is 15.3. The molecule has 2 aromatic carbocycles. The summed E-state index contributed by atoms with van der Waals surface area (Å²) in [7, 11) is 0. The highest BCUT2D eigenvalue weighted by molar-refractivity contribution is 6.43. The number of morpholine rings is 1. The van der Waals surface area contributed by atoms with Crippen molar-refractivity contribution in [2.24, 2.45) is 16.1 Å². The van der Waals surface area contributed by atoms with E-state index >= 15 is 0 Å². The minimum atomic E-state index is -0.632. The topological polar surface area (TPSA) is 116 Å². The maximum atomic E-state index is 12.9. The van der Waals surface area contributed by atoms with Gasteiger partial charge >= 0.3 is 0 Å². The molecule has 44 heavy (non-hydrogen) atoms.